The van der Waals surface area contributed by atoms with Crippen LogP contribution >= 0.6 is 0 Å². The van der Waals surface area contributed by atoms with Crippen molar-refractivity contribution in [3.8, 4) is 35.3 Å². The SMILES string of the molecule is COC(C)(C)C#Cc1ccc2c(c1)[C@@]1(COC(N)=N1)c1cc(C#CC(C)(C)OC)cnc1O2. The van der Waals surface area contributed by atoms with Crippen LogP contribution in [0.5, 0.6) is 11.6 Å². The van der Waals surface area contributed by atoms with Gasteiger partial charge in [0.15, 0.2) is 5.54 Å². The van der Waals surface area contributed by atoms with Gasteiger partial charge in [0.05, 0.1) is 5.56 Å². The van der Waals surface area contributed by atoms with Gasteiger partial charge < -0.3 is 24.7 Å². The number of pyridine rings is 1. The second-order valence-electron chi connectivity index (χ2n) is 8.92. The van der Waals surface area contributed by atoms with Gasteiger partial charge in [-0.1, -0.05) is 23.7 Å². The van der Waals surface area contributed by atoms with Gasteiger partial charge in [-0.2, -0.15) is 0 Å². The minimum Gasteiger partial charge on any atom is -0.462 e. The van der Waals surface area contributed by atoms with Crippen molar-refractivity contribution in [3.05, 3.63) is 52.7 Å². The van der Waals surface area contributed by atoms with E-state index in [0.29, 0.717) is 17.2 Å². The normalized spacial score (nSPS) is 18.5. The zero-order chi connectivity index (χ0) is 23.9. The number of rotatable bonds is 2. The highest BCUT2D eigenvalue weighted by Crippen LogP contribution is 2.50. The monoisotopic (exact) mass is 445 g/mol. The molecular formula is C26H27N3O4. The molecule has 33 heavy (non-hydrogen) atoms. The van der Waals surface area contributed by atoms with Crippen molar-refractivity contribution in [2.24, 2.45) is 10.7 Å². The molecule has 7 nitrogen and oxygen atoms in total. The summed E-state index contributed by atoms with van der Waals surface area (Å²) in [6.45, 7) is 7.85. The molecule has 0 saturated heterocycles. The lowest BCUT2D eigenvalue weighted by molar-refractivity contribution is 0.0739. The molecule has 2 aliphatic heterocycles. The molecule has 0 fully saturated rings. The van der Waals surface area contributed by atoms with Crippen LogP contribution in [0.3, 0.4) is 0 Å². The van der Waals surface area contributed by atoms with E-state index in [1.807, 2.05) is 52.0 Å². The largest absolute Gasteiger partial charge is 0.462 e. The molecule has 7 heteroatoms. The summed E-state index contributed by atoms with van der Waals surface area (Å²) in [5, 5.41) is 0. The Hall–Kier alpha value is -3.52. The Labute approximate surface area is 194 Å². The minimum absolute atomic E-state index is 0.114. The van der Waals surface area contributed by atoms with Gasteiger partial charge in [0, 0.05) is 37.1 Å². The van der Waals surface area contributed by atoms with Gasteiger partial charge in [-0.25, -0.2) is 9.98 Å². The first kappa shape index (κ1) is 22.7. The number of benzene rings is 1. The first-order valence-electron chi connectivity index (χ1n) is 10.6. The van der Waals surface area contributed by atoms with Crippen molar-refractivity contribution in [2.75, 3.05) is 20.8 Å². The van der Waals surface area contributed by atoms with Crippen molar-refractivity contribution in [3.63, 3.8) is 0 Å². The van der Waals surface area contributed by atoms with E-state index in [0.717, 1.165) is 16.7 Å². The molecule has 0 amide bonds. The van der Waals surface area contributed by atoms with E-state index in [4.69, 9.17) is 29.7 Å². The molecule has 3 heterocycles. The second-order valence-corrected chi connectivity index (χ2v) is 8.92. The van der Waals surface area contributed by atoms with Gasteiger partial charge >= 0.3 is 0 Å². The molecule has 170 valence electrons. The number of ether oxygens (including phenoxy) is 4. The van der Waals surface area contributed by atoms with Crippen LogP contribution in [0, 0.1) is 23.7 Å². The number of methoxy groups -OCH3 is 2. The molecule has 1 aromatic carbocycles. The number of aromatic nitrogens is 1. The third kappa shape index (κ3) is 4.39. The molecule has 0 aliphatic carbocycles. The molecule has 1 aromatic heterocycles. The highest BCUT2D eigenvalue weighted by atomic mass is 16.5. The first-order valence-corrected chi connectivity index (χ1v) is 10.6. The molecule has 0 radical (unpaired) electrons. The number of aliphatic imine (C=N–C) groups is 1. The van der Waals surface area contributed by atoms with Crippen LogP contribution in [-0.2, 0) is 19.7 Å². The molecule has 0 saturated carbocycles. The van der Waals surface area contributed by atoms with E-state index in [1.54, 1.807) is 20.4 Å². The zero-order valence-corrected chi connectivity index (χ0v) is 19.7. The summed E-state index contributed by atoms with van der Waals surface area (Å²) in [5.41, 5.74) is 6.98. The quantitative estimate of drug-likeness (QED) is 0.714. The molecule has 4 rings (SSSR count). The van der Waals surface area contributed by atoms with E-state index in [9.17, 15) is 0 Å². The summed E-state index contributed by atoms with van der Waals surface area (Å²) in [7, 11) is 3.26. The Bertz CT molecular complexity index is 1170. The predicted octanol–water partition coefficient (Wildman–Crippen LogP) is 3.33. The standard InChI is InChI=1S/C26H27N3O4/c1-24(2,30-5)11-9-17-7-8-21-19(13-17)26(16-32-23(27)29-26)20-14-18(15-28-22(20)33-21)10-12-25(3,4)31-6/h7-8,13-15H,16H2,1-6H3,(H2,27,29)/t26-/m0/s1. The van der Waals surface area contributed by atoms with E-state index in [2.05, 4.69) is 28.7 Å². The number of hydrogen-bond donors (Lipinski definition) is 1. The molecule has 0 unspecified atom stereocenters. The minimum atomic E-state index is -0.900. The fourth-order valence-electron chi connectivity index (χ4n) is 3.42. The van der Waals surface area contributed by atoms with E-state index in [-0.39, 0.29) is 12.6 Å². The third-order valence-corrected chi connectivity index (χ3v) is 5.69. The third-order valence-electron chi connectivity index (χ3n) is 5.69. The van der Waals surface area contributed by atoms with Crippen molar-refractivity contribution < 1.29 is 18.9 Å². The number of nitrogens with two attached hydrogens (primary N) is 1. The summed E-state index contributed by atoms with van der Waals surface area (Å²) in [5.74, 6) is 13.6. The average Bonchev–Trinajstić information content (AvgIpc) is 3.19. The molecule has 2 aromatic rings. The van der Waals surface area contributed by atoms with Crippen molar-refractivity contribution in [2.45, 2.75) is 44.4 Å². The lowest BCUT2D eigenvalue weighted by Gasteiger charge is -2.32. The molecule has 2 N–H and O–H groups in total. The molecule has 1 atom stereocenters. The van der Waals surface area contributed by atoms with E-state index >= 15 is 0 Å². The Morgan fingerprint density at radius 3 is 2.21 bits per heavy atom. The molecule has 0 bridgehead atoms. The summed E-state index contributed by atoms with van der Waals surface area (Å²) in [6.07, 6.45) is 1.67. The zero-order valence-electron chi connectivity index (χ0n) is 19.7. The fourth-order valence-corrected chi connectivity index (χ4v) is 3.42. The highest BCUT2D eigenvalue weighted by molar-refractivity contribution is 5.76. The van der Waals surface area contributed by atoms with Crippen molar-refractivity contribution in [1.82, 2.24) is 4.98 Å². The Morgan fingerprint density at radius 2 is 1.61 bits per heavy atom. The number of nitrogens with zero attached hydrogens (tertiary/aromatic N) is 2. The Kier molecular flexibility index (Phi) is 5.57. The van der Waals surface area contributed by atoms with Gasteiger partial charge in [-0.15, -0.1) is 0 Å². The van der Waals surface area contributed by atoms with Crippen LogP contribution < -0.4 is 10.5 Å². The van der Waals surface area contributed by atoms with Gasteiger partial charge in [0.1, 0.15) is 23.6 Å². The smallest absolute Gasteiger partial charge is 0.283 e. The van der Waals surface area contributed by atoms with Gasteiger partial charge in [-0.05, 0) is 52.0 Å². The summed E-state index contributed by atoms with van der Waals surface area (Å²) < 4.78 is 22.6. The maximum absolute atomic E-state index is 6.12. The van der Waals surface area contributed by atoms with Gasteiger partial charge in [0.25, 0.3) is 6.02 Å². The van der Waals surface area contributed by atoms with Crippen LogP contribution in [0.2, 0.25) is 0 Å². The lowest BCUT2D eigenvalue weighted by Crippen LogP contribution is -2.31. The summed E-state index contributed by atoms with van der Waals surface area (Å²) in [6, 6.07) is 7.75. The maximum Gasteiger partial charge on any atom is 0.283 e. The Morgan fingerprint density at radius 1 is 0.970 bits per heavy atom. The van der Waals surface area contributed by atoms with Crippen LogP contribution in [-0.4, -0.2) is 43.0 Å². The maximum atomic E-state index is 6.12. The van der Waals surface area contributed by atoms with E-state index < -0.39 is 16.7 Å². The van der Waals surface area contributed by atoms with Crippen molar-refractivity contribution in [1.29, 1.82) is 0 Å². The summed E-state index contributed by atoms with van der Waals surface area (Å²) >= 11 is 0. The molecular weight excluding hydrogens is 418 g/mol. The van der Waals surface area contributed by atoms with E-state index in [1.165, 1.54) is 0 Å². The van der Waals surface area contributed by atoms with Gasteiger partial charge in [-0.3, -0.25) is 0 Å². The number of fused-ring (bicyclic) bond motifs is 4. The van der Waals surface area contributed by atoms with Crippen LogP contribution in [0.15, 0.2) is 35.5 Å². The van der Waals surface area contributed by atoms with Crippen LogP contribution in [0.1, 0.15) is 49.9 Å². The van der Waals surface area contributed by atoms with Gasteiger partial charge in [0.2, 0.25) is 5.88 Å². The first-order chi connectivity index (χ1) is 15.6. The predicted molar refractivity (Wildman–Crippen MR) is 125 cm³/mol. The van der Waals surface area contributed by atoms with Crippen LogP contribution in [0.25, 0.3) is 0 Å². The highest BCUT2D eigenvalue weighted by Gasteiger charge is 2.47. The van der Waals surface area contributed by atoms with Crippen LogP contribution in [0.4, 0.5) is 0 Å². The summed E-state index contributed by atoms with van der Waals surface area (Å²) in [4.78, 5) is 9.22. The fraction of sp³-hybridized carbons (Fsp3) is 0.385. The molecule has 1 spiro atoms. The van der Waals surface area contributed by atoms with Crippen molar-refractivity contribution >= 4 is 6.02 Å². The number of hydrogen-bond acceptors (Lipinski definition) is 7. The average molecular weight is 446 g/mol. The second kappa shape index (κ2) is 8.12. The molecule has 2 aliphatic rings. The number of amidine groups is 1. The lowest BCUT2D eigenvalue weighted by atomic mass is 9.81. The Balaban J connectivity index is 1.84. The topological polar surface area (TPSA) is 88.2 Å².